The van der Waals surface area contributed by atoms with E-state index in [1.54, 1.807) is 11.8 Å². The smallest absolute Gasteiger partial charge is 0.355 e. The molecule has 1 unspecified atom stereocenters. The average Bonchev–Trinajstić information content (AvgIpc) is 3.53. The largest absolute Gasteiger partial charge is 0.491 e. The normalized spacial score (nSPS) is 16.3. The number of ether oxygens (including phenoxy) is 1. The van der Waals surface area contributed by atoms with Crippen LogP contribution >= 0.6 is 34.4 Å². The highest BCUT2D eigenvalue weighted by Gasteiger charge is 2.31. The second-order valence-electron chi connectivity index (χ2n) is 9.06. The lowest BCUT2D eigenvalue weighted by Gasteiger charge is -2.25. The number of carbonyl (C=O) groups is 2. The number of aromatic carboxylic acids is 1. The van der Waals surface area contributed by atoms with Gasteiger partial charge in [0, 0.05) is 29.5 Å². The van der Waals surface area contributed by atoms with E-state index in [9.17, 15) is 9.59 Å². The lowest BCUT2D eigenvalue weighted by molar-refractivity contribution is -0.129. The molecule has 3 heterocycles. The van der Waals surface area contributed by atoms with Gasteiger partial charge in [-0.15, -0.1) is 22.7 Å². The van der Waals surface area contributed by atoms with E-state index in [0.29, 0.717) is 30.3 Å². The molecule has 0 aliphatic carbocycles. The third-order valence-electron chi connectivity index (χ3n) is 5.58. The molecule has 1 fully saturated rings. The first-order chi connectivity index (χ1) is 16.2. The van der Waals surface area contributed by atoms with Crippen LogP contribution in [0.25, 0.3) is 10.7 Å². The van der Waals surface area contributed by atoms with Crippen molar-refractivity contribution in [1.82, 2.24) is 14.9 Å². The van der Waals surface area contributed by atoms with Crippen molar-refractivity contribution in [2.75, 3.05) is 18.9 Å². The van der Waals surface area contributed by atoms with Crippen LogP contribution in [-0.4, -0.2) is 56.8 Å². The number of amides is 1. The molecule has 1 saturated heterocycles. The van der Waals surface area contributed by atoms with Gasteiger partial charge >= 0.3 is 5.97 Å². The van der Waals surface area contributed by atoms with E-state index in [1.165, 1.54) is 33.6 Å². The van der Waals surface area contributed by atoms with Gasteiger partial charge in [-0.25, -0.2) is 14.8 Å². The van der Waals surface area contributed by atoms with Gasteiger partial charge in [-0.1, -0.05) is 44.7 Å². The van der Waals surface area contributed by atoms with Crippen LogP contribution < -0.4 is 4.74 Å². The SMILES string of the molecule is CC(C)(C)c1cccc(OCC2CCC(=O)N2CCSc2nc(-c3nc(C(=O)O)cs3)cs2)c1. The first-order valence-corrected chi connectivity index (χ1v) is 13.8. The number of hydrogen-bond acceptors (Lipinski definition) is 8. The van der Waals surface area contributed by atoms with Crippen LogP contribution in [0.2, 0.25) is 0 Å². The van der Waals surface area contributed by atoms with Crippen molar-refractivity contribution in [1.29, 1.82) is 0 Å². The van der Waals surface area contributed by atoms with Crippen LogP contribution in [-0.2, 0) is 10.2 Å². The fourth-order valence-electron chi connectivity index (χ4n) is 3.66. The Morgan fingerprint density at radius 2 is 2.09 bits per heavy atom. The Bertz CT molecular complexity index is 1170. The summed E-state index contributed by atoms with van der Waals surface area (Å²) in [5.41, 5.74) is 2.00. The lowest BCUT2D eigenvalue weighted by Crippen LogP contribution is -2.38. The van der Waals surface area contributed by atoms with E-state index >= 15 is 0 Å². The molecule has 7 nitrogen and oxygen atoms in total. The number of likely N-dealkylation sites (tertiary alicyclic amines) is 1. The Hall–Kier alpha value is -2.43. The summed E-state index contributed by atoms with van der Waals surface area (Å²) in [4.78, 5) is 34.1. The first kappa shape index (κ1) is 24.7. The van der Waals surface area contributed by atoms with Gasteiger partial charge in [0.2, 0.25) is 5.91 Å². The predicted molar refractivity (Wildman–Crippen MR) is 136 cm³/mol. The van der Waals surface area contributed by atoms with Crippen LogP contribution in [0.1, 0.15) is 49.7 Å². The monoisotopic (exact) mass is 517 g/mol. The molecule has 180 valence electrons. The summed E-state index contributed by atoms with van der Waals surface area (Å²) in [5, 5.41) is 13.0. The molecular formula is C24H27N3O4S3. The zero-order valence-corrected chi connectivity index (χ0v) is 21.8. The van der Waals surface area contributed by atoms with E-state index in [2.05, 4.69) is 42.9 Å². The molecule has 0 radical (unpaired) electrons. The van der Waals surface area contributed by atoms with Gasteiger partial charge in [-0.2, -0.15) is 0 Å². The number of carboxylic acid groups (broad SMARTS) is 1. The summed E-state index contributed by atoms with van der Waals surface area (Å²) in [6.45, 7) is 7.65. The van der Waals surface area contributed by atoms with Crippen LogP contribution in [0.4, 0.5) is 0 Å². The molecule has 0 spiro atoms. The second kappa shape index (κ2) is 10.5. The first-order valence-electron chi connectivity index (χ1n) is 11.0. The van der Waals surface area contributed by atoms with Crippen molar-refractivity contribution in [2.24, 2.45) is 0 Å². The number of thiazole rings is 2. The maximum absolute atomic E-state index is 12.5. The number of aromatic nitrogens is 2. The van der Waals surface area contributed by atoms with Gasteiger partial charge in [-0.05, 0) is 29.5 Å². The number of hydrogen-bond donors (Lipinski definition) is 1. The standard InChI is InChI=1S/C24H27N3O4S3/c1-24(2,3)15-5-4-6-17(11-15)31-12-16-7-8-20(28)27(16)9-10-32-23-26-18(13-34-23)21-25-19(14-33-21)22(29)30/h4-6,11,13-14,16H,7-10,12H2,1-3H3,(H,29,30). The number of thioether (sulfide) groups is 1. The van der Waals surface area contributed by atoms with Gasteiger partial charge < -0.3 is 14.7 Å². The minimum Gasteiger partial charge on any atom is -0.491 e. The Morgan fingerprint density at radius 3 is 2.82 bits per heavy atom. The molecule has 4 rings (SSSR count). The molecule has 1 aliphatic rings. The Labute approximate surface area is 211 Å². The number of carboxylic acids is 1. The fraction of sp³-hybridized carbons (Fsp3) is 0.417. The minimum atomic E-state index is -1.04. The van der Waals surface area contributed by atoms with Crippen molar-refractivity contribution in [3.63, 3.8) is 0 Å². The van der Waals surface area contributed by atoms with Crippen molar-refractivity contribution >= 4 is 46.3 Å². The number of nitrogens with zero attached hydrogens (tertiary/aromatic N) is 3. The Balaban J connectivity index is 1.30. The molecule has 34 heavy (non-hydrogen) atoms. The maximum Gasteiger partial charge on any atom is 0.355 e. The molecule has 3 aromatic rings. The number of rotatable bonds is 9. The molecule has 10 heteroatoms. The lowest BCUT2D eigenvalue weighted by atomic mass is 9.87. The van der Waals surface area contributed by atoms with E-state index in [1.807, 2.05) is 22.4 Å². The predicted octanol–water partition coefficient (Wildman–Crippen LogP) is 5.42. The van der Waals surface area contributed by atoms with E-state index in [-0.39, 0.29) is 23.1 Å². The van der Waals surface area contributed by atoms with Crippen LogP contribution in [0, 0.1) is 0 Å². The third kappa shape index (κ3) is 5.97. The van der Waals surface area contributed by atoms with Crippen LogP contribution in [0.15, 0.2) is 39.4 Å². The zero-order valence-electron chi connectivity index (χ0n) is 19.3. The second-order valence-corrected chi connectivity index (χ2v) is 12.1. The van der Waals surface area contributed by atoms with E-state index in [4.69, 9.17) is 9.84 Å². The molecule has 2 aromatic heterocycles. The van der Waals surface area contributed by atoms with Crippen LogP contribution in [0.5, 0.6) is 5.75 Å². The minimum absolute atomic E-state index is 0.0353. The molecule has 1 aromatic carbocycles. The highest BCUT2D eigenvalue weighted by Crippen LogP contribution is 2.31. The summed E-state index contributed by atoms with van der Waals surface area (Å²) < 4.78 is 6.96. The average molecular weight is 518 g/mol. The molecule has 0 bridgehead atoms. The van der Waals surface area contributed by atoms with Crippen molar-refractivity contribution in [3.05, 3.63) is 46.3 Å². The van der Waals surface area contributed by atoms with Gasteiger partial charge in [-0.3, -0.25) is 4.79 Å². The van der Waals surface area contributed by atoms with Crippen molar-refractivity contribution in [2.45, 2.75) is 49.4 Å². The third-order valence-corrected chi connectivity index (χ3v) is 8.44. The molecule has 0 saturated carbocycles. The van der Waals surface area contributed by atoms with Gasteiger partial charge in [0.15, 0.2) is 10.0 Å². The summed E-state index contributed by atoms with van der Waals surface area (Å²) >= 11 is 4.36. The summed E-state index contributed by atoms with van der Waals surface area (Å²) in [7, 11) is 0. The van der Waals surface area contributed by atoms with E-state index in [0.717, 1.165) is 22.3 Å². The van der Waals surface area contributed by atoms with E-state index < -0.39 is 5.97 Å². The number of carbonyl (C=O) groups excluding carboxylic acids is 1. The number of benzene rings is 1. The van der Waals surface area contributed by atoms with Crippen molar-refractivity contribution in [3.8, 4) is 16.5 Å². The Kier molecular flexibility index (Phi) is 7.59. The molecule has 1 amide bonds. The van der Waals surface area contributed by atoms with Crippen molar-refractivity contribution < 1.29 is 19.4 Å². The van der Waals surface area contributed by atoms with Gasteiger partial charge in [0.1, 0.15) is 23.1 Å². The van der Waals surface area contributed by atoms with Gasteiger partial charge in [0.05, 0.1) is 6.04 Å². The molecular weight excluding hydrogens is 490 g/mol. The highest BCUT2D eigenvalue weighted by molar-refractivity contribution is 8.01. The summed E-state index contributed by atoms with van der Waals surface area (Å²) in [6, 6.07) is 8.25. The zero-order chi connectivity index (χ0) is 24.3. The van der Waals surface area contributed by atoms with Crippen LogP contribution in [0.3, 0.4) is 0 Å². The topological polar surface area (TPSA) is 92.6 Å². The molecule has 1 atom stereocenters. The summed E-state index contributed by atoms with van der Waals surface area (Å²) in [6.07, 6.45) is 1.36. The molecule has 1 N–H and O–H groups in total. The fourth-order valence-corrected chi connectivity index (χ4v) is 6.31. The maximum atomic E-state index is 12.5. The van der Waals surface area contributed by atoms with Gasteiger partial charge in [0.25, 0.3) is 0 Å². The quantitative estimate of drug-likeness (QED) is 0.379. The highest BCUT2D eigenvalue weighted by atomic mass is 32.2. The Morgan fingerprint density at radius 1 is 1.26 bits per heavy atom. The molecule has 1 aliphatic heterocycles. The summed E-state index contributed by atoms with van der Waals surface area (Å²) in [5.74, 6) is 0.696.